The average Bonchev–Trinajstić information content (AvgIpc) is 2.64. The van der Waals surface area contributed by atoms with Gasteiger partial charge in [0.25, 0.3) is 0 Å². The normalized spacial score (nSPS) is 14.5. The molecular weight excluding hydrogens is 333 g/mol. The second kappa shape index (κ2) is 6.09. The van der Waals surface area contributed by atoms with E-state index in [0.29, 0.717) is 5.56 Å². The first kappa shape index (κ1) is 17.5. The molecule has 2 heteroatoms. The standard InChI is InChI=1S/C25H24FN/c1-6-18-12-14-23-24(17(18)3)25(4,5)20-9-7-8-10-22(20)27(23)19-13-11-16(2)21(26)15-19/h6-15H,1H2,2-5H3. The Balaban J connectivity index is 2.08. The van der Waals surface area contributed by atoms with E-state index in [1.807, 2.05) is 24.3 Å². The quantitative estimate of drug-likeness (QED) is 0.469. The van der Waals surface area contributed by atoms with Crippen LogP contribution in [-0.4, -0.2) is 0 Å². The van der Waals surface area contributed by atoms with Gasteiger partial charge in [-0.25, -0.2) is 4.39 Å². The van der Waals surface area contributed by atoms with Crippen molar-refractivity contribution in [2.24, 2.45) is 0 Å². The first-order valence-electron chi connectivity index (χ1n) is 9.28. The summed E-state index contributed by atoms with van der Waals surface area (Å²) >= 11 is 0. The number of nitrogens with zero attached hydrogens (tertiary/aromatic N) is 1. The van der Waals surface area contributed by atoms with Crippen LogP contribution < -0.4 is 4.90 Å². The lowest BCUT2D eigenvalue weighted by molar-refractivity contribution is 0.616. The number of fused-ring (bicyclic) bond motifs is 2. The van der Waals surface area contributed by atoms with Crippen LogP contribution in [0.1, 0.15) is 41.7 Å². The Hall–Kier alpha value is -2.87. The summed E-state index contributed by atoms with van der Waals surface area (Å²) in [7, 11) is 0. The molecule has 1 aliphatic heterocycles. The number of para-hydroxylation sites is 1. The zero-order chi connectivity index (χ0) is 19.3. The van der Waals surface area contributed by atoms with Gasteiger partial charge in [0.05, 0.1) is 11.4 Å². The Morgan fingerprint density at radius 1 is 0.963 bits per heavy atom. The maximum absolute atomic E-state index is 14.4. The van der Waals surface area contributed by atoms with Crippen molar-refractivity contribution in [2.45, 2.75) is 33.1 Å². The predicted octanol–water partition coefficient (Wildman–Crippen LogP) is 7.19. The van der Waals surface area contributed by atoms with Crippen LogP contribution >= 0.6 is 0 Å². The predicted molar refractivity (Wildman–Crippen MR) is 113 cm³/mol. The molecule has 0 fully saturated rings. The van der Waals surface area contributed by atoms with Crippen LogP contribution in [0.15, 0.2) is 61.2 Å². The van der Waals surface area contributed by atoms with Gasteiger partial charge in [-0.15, -0.1) is 0 Å². The number of benzene rings is 3. The van der Waals surface area contributed by atoms with Crippen molar-refractivity contribution in [3.05, 3.63) is 94.8 Å². The second-order valence-electron chi connectivity index (χ2n) is 7.79. The van der Waals surface area contributed by atoms with Gasteiger partial charge in [-0.3, -0.25) is 0 Å². The molecule has 0 unspecified atom stereocenters. The average molecular weight is 357 g/mol. The first-order chi connectivity index (χ1) is 12.9. The summed E-state index contributed by atoms with van der Waals surface area (Å²) in [5.41, 5.74) is 8.40. The molecule has 0 N–H and O–H groups in total. The van der Waals surface area contributed by atoms with Gasteiger partial charge in [0, 0.05) is 11.1 Å². The third-order valence-electron chi connectivity index (χ3n) is 5.80. The molecule has 4 rings (SSSR count). The van der Waals surface area contributed by atoms with Crippen LogP contribution in [0.5, 0.6) is 0 Å². The molecule has 0 aromatic heterocycles. The molecule has 1 heterocycles. The van der Waals surface area contributed by atoms with Gasteiger partial charge in [0.15, 0.2) is 0 Å². The lowest BCUT2D eigenvalue weighted by Crippen LogP contribution is -2.31. The summed E-state index contributed by atoms with van der Waals surface area (Å²) in [6.07, 6.45) is 1.90. The van der Waals surface area contributed by atoms with Crippen molar-refractivity contribution < 1.29 is 4.39 Å². The van der Waals surface area contributed by atoms with Crippen molar-refractivity contribution in [1.29, 1.82) is 0 Å². The molecule has 136 valence electrons. The summed E-state index contributed by atoms with van der Waals surface area (Å²) < 4.78 is 14.4. The summed E-state index contributed by atoms with van der Waals surface area (Å²) in [4.78, 5) is 2.18. The van der Waals surface area contributed by atoms with Gasteiger partial charge in [0.2, 0.25) is 0 Å². The highest BCUT2D eigenvalue weighted by molar-refractivity contribution is 5.87. The van der Waals surface area contributed by atoms with E-state index in [2.05, 4.69) is 62.6 Å². The lowest BCUT2D eigenvalue weighted by Gasteiger charge is -2.43. The topological polar surface area (TPSA) is 3.24 Å². The highest BCUT2D eigenvalue weighted by Crippen LogP contribution is 2.53. The molecule has 0 amide bonds. The number of hydrogen-bond donors (Lipinski definition) is 0. The van der Waals surface area contributed by atoms with Crippen molar-refractivity contribution in [3.8, 4) is 0 Å². The van der Waals surface area contributed by atoms with Gasteiger partial charge >= 0.3 is 0 Å². The lowest BCUT2D eigenvalue weighted by atomic mass is 9.71. The third kappa shape index (κ3) is 2.51. The minimum Gasteiger partial charge on any atom is -0.310 e. The number of anilines is 3. The van der Waals surface area contributed by atoms with Crippen LogP contribution in [-0.2, 0) is 5.41 Å². The molecule has 0 aliphatic carbocycles. The maximum Gasteiger partial charge on any atom is 0.128 e. The molecular formula is C25H24FN. The van der Waals surface area contributed by atoms with E-state index in [1.165, 1.54) is 16.7 Å². The highest BCUT2D eigenvalue weighted by atomic mass is 19.1. The van der Waals surface area contributed by atoms with E-state index < -0.39 is 0 Å². The van der Waals surface area contributed by atoms with Crippen LogP contribution in [0.25, 0.3) is 6.08 Å². The van der Waals surface area contributed by atoms with Crippen molar-refractivity contribution in [1.82, 2.24) is 0 Å². The summed E-state index contributed by atoms with van der Waals surface area (Å²) in [5.74, 6) is -0.184. The van der Waals surface area contributed by atoms with Crippen molar-refractivity contribution in [3.63, 3.8) is 0 Å². The zero-order valence-electron chi connectivity index (χ0n) is 16.3. The van der Waals surface area contributed by atoms with E-state index in [1.54, 1.807) is 13.0 Å². The Morgan fingerprint density at radius 3 is 2.41 bits per heavy atom. The van der Waals surface area contributed by atoms with Crippen LogP contribution in [0.3, 0.4) is 0 Å². The van der Waals surface area contributed by atoms with Crippen LogP contribution in [0.2, 0.25) is 0 Å². The Bertz CT molecular complexity index is 1060. The molecule has 3 aromatic rings. The minimum atomic E-state index is -0.184. The Labute approximate surface area is 160 Å². The zero-order valence-corrected chi connectivity index (χ0v) is 16.3. The van der Waals surface area contributed by atoms with Gasteiger partial charge in [0.1, 0.15) is 5.82 Å². The van der Waals surface area contributed by atoms with Crippen molar-refractivity contribution in [2.75, 3.05) is 4.90 Å². The molecule has 1 aliphatic rings. The first-order valence-corrected chi connectivity index (χ1v) is 9.28. The van der Waals surface area contributed by atoms with Gasteiger partial charge in [-0.2, -0.15) is 0 Å². The molecule has 0 radical (unpaired) electrons. The van der Waals surface area contributed by atoms with Crippen LogP contribution in [0, 0.1) is 19.7 Å². The molecule has 1 nitrogen and oxygen atoms in total. The van der Waals surface area contributed by atoms with E-state index >= 15 is 0 Å². The smallest absolute Gasteiger partial charge is 0.128 e. The Morgan fingerprint density at radius 2 is 1.70 bits per heavy atom. The van der Waals surface area contributed by atoms with E-state index in [0.717, 1.165) is 22.6 Å². The molecule has 0 bridgehead atoms. The number of aryl methyl sites for hydroxylation is 1. The third-order valence-corrected chi connectivity index (χ3v) is 5.80. The van der Waals surface area contributed by atoms with Gasteiger partial charge in [-0.05, 0) is 65.9 Å². The fraction of sp³-hybridized carbons (Fsp3) is 0.200. The number of rotatable bonds is 2. The van der Waals surface area contributed by atoms with E-state index in [-0.39, 0.29) is 11.2 Å². The fourth-order valence-electron chi connectivity index (χ4n) is 4.37. The second-order valence-corrected chi connectivity index (χ2v) is 7.79. The van der Waals surface area contributed by atoms with E-state index in [4.69, 9.17) is 0 Å². The molecule has 3 aromatic carbocycles. The SMILES string of the molecule is C=Cc1ccc2c(c1C)C(C)(C)c1ccccc1N2c1ccc(C)c(F)c1. The summed E-state index contributed by atoms with van der Waals surface area (Å²) in [6, 6.07) is 18.1. The molecule has 0 atom stereocenters. The molecule has 0 saturated heterocycles. The van der Waals surface area contributed by atoms with Gasteiger partial charge in [-0.1, -0.05) is 56.8 Å². The summed E-state index contributed by atoms with van der Waals surface area (Å²) in [6.45, 7) is 12.4. The fourth-order valence-corrected chi connectivity index (χ4v) is 4.37. The molecule has 0 saturated carbocycles. The molecule has 0 spiro atoms. The summed E-state index contributed by atoms with van der Waals surface area (Å²) in [5, 5.41) is 0. The van der Waals surface area contributed by atoms with Crippen molar-refractivity contribution >= 4 is 23.1 Å². The minimum absolute atomic E-state index is 0.158. The monoisotopic (exact) mass is 357 g/mol. The highest BCUT2D eigenvalue weighted by Gasteiger charge is 2.38. The van der Waals surface area contributed by atoms with Crippen LogP contribution in [0.4, 0.5) is 21.5 Å². The maximum atomic E-state index is 14.4. The number of halogens is 1. The number of hydrogen-bond acceptors (Lipinski definition) is 1. The van der Waals surface area contributed by atoms with Gasteiger partial charge < -0.3 is 4.90 Å². The Kier molecular flexibility index (Phi) is 3.96. The molecule has 27 heavy (non-hydrogen) atoms. The van der Waals surface area contributed by atoms with E-state index in [9.17, 15) is 4.39 Å². The largest absolute Gasteiger partial charge is 0.310 e.